The molecular weight excluding hydrogens is 255 g/mol. The fraction of sp³-hybridized carbons (Fsp3) is 0.385. The van der Waals surface area contributed by atoms with Gasteiger partial charge in [0.15, 0.2) is 0 Å². The molecule has 0 aliphatic heterocycles. The van der Waals surface area contributed by atoms with Gasteiger partial charge in [0, 0.05) is 22.5 Å². The molecule has 0 aliphatic carbocycles. The average Bonchev–Trinajstić information content (AvgIpc) is 2.32. The second kappa shape index (κ2) is 6.05. The number of hydrogen-bond acceptors (Lipinski definition) is 2. The molecule has 0 aromatic heterocycles. The molecule has 0 heterocycles. The van der Waals surface area contributed by atoms with Gasteiger partial charge in [0.25, 0.3) is 0 Å². The van der Waals surface area contributed by atoms with Crippen LogP contribution in [0.4, 0.5) is 0 Å². The van der Waals surface area contributed by atoms with Crippen LogP contribution in [-0.4, -0.2) is 18.1 Å². The molecule has 90 valence electrons. The molecular formula is C13H14Cl2N2. The van der Waals surface area contributed by atoms with E-state index >= 15 is 0 Å². The van der Waals surface area contributed by atoms with Crippen LogP contribution in [0.1, 0.15) is 19.4 Å². The van der Waals surface area contributed by atoms with Gasteiger partial charge in [-0.1, -0.05) is 37.6 Å². The van der Waals surface area contributed by atoms with Crippen LogP contribution in [0.15, 0.2) is 29.3 Å². The Bertz CT molecular complexity index is 430. The summed E-state index contributed by atoms with van der Waals surface area (Å²) in [6.45, 7) is 3.85. The van der Waals surface area contributed by atoms with E-state index in [1.165, 1.54) is 0 Å². The smallest absolute Gasteiger partial charge is 0.142 e. The number of benzene rings is 1. The molecule has 0 bridgehead atoms. The highest BCUT2D eigenvalue weighted by molar-refractivity contribution is 6.30. The van der Waals surface area contributed by atoms with E-state index in [0.29, 0.717) is 10.9 Å². The fourth-order valence-electron chi connectivity index (χ4n) is 1.19. The zero-order valence-corrected chi connectivity index (χ0v) is 11.3. The third-order valence-electron chi connectivity index (χ3n) is 2.45. The molecule has 0 radical (unpaired) electrons. The Balaban J connectivity index is 2.82. The lowest BCUT2D eigenvalue weighted by Gasteiger charge is -2.23. The van der Waals surface area contributed by atoms with Crippen molar-refractivity contribution in [1.29, 1.82) is 5.26 Å². The maximum Gasteiger partial charge on any atom is 0.142 e. The first-order chi connectivity index (χ1) is 7.99. The Hall–Kier alpha value is -1.04. The first kappa shape index (κ1) is 14.0. The summed E-state index contributed by atoms with van der Waals surface area (Å²) in [6.07, 6.45) is 1.68. The monoisotopic (exact) mass is 268 g/mol. The molecule has 0 amide bonds. The SMILES string of the molecule is CC(C)(CCl)C(C#N)N=Cc1ccc(Cl)cc1. The van der Waals surface area contributed by atoms with Crippen LogP contribution in [0.5, 0.6) is 0 Å². The van der Waals surface area contributed by atoms with E-state index in [9.17, 15) is 0 Å². The summed E-state index contributed by atoms with van der Waals surface area (Å²) in [5, 5.41) is 9.75. The molecule has 0 N–H and O–H groups in total. The standard InChI is InChI=1S/C13H14Cl2N2/c1-13(2,9-14)12(7-16)17-8-10-3-5-11(15)6-4-10/h3-6,8,12H,9H2,1-2H3. The number of aliphatic imine (C=N–C) groups is 1. The molecule has 0 saturated heterocycles. The molecule has 1 rings (SSSR count). The van der Waals surface area contributed by atoms with Crippen molar-refractivity contribution in [3.8, 4) is 6.07 Å². The van der Waals surface area contributed by atoms with Gasteiger partial charge < -0.3 is 0 Å². The van der Waals surface area contributed by atoms with Crippen LogP contribution in [0.25, 0.3) is 0 Å². The molecule has 0 saturated carbocycles. The highest BCUT2D eigenvalue weighted by Crippen LogP contribution is 2.24. The van der Waals surface area contributed by atoms with Gasteiger partial charge in [-0.3, -0.25) is 4.99 Å². The number of hydrogen-bond donors (Lipinski definition) is 0. The normalized spacial score (nSPS) is 13.6. The highest BCUT2D eigenvalue weighted by Gasteiger charge is 2.27. The van der Waals surface area contributed by atoms with E-state index in [4.69, 9.17) is 28.5 Å². The summed E-state index contributed by atoms with van der Waals surface area (Å²) in [6, 6.07) is 9.01. The molecule has 1 aromatic rings. The zero-order chi connectivity index (χ0) is 12.9. The second-order valence-electron chi connectivity index (χ2n) is 4.48. The Morgan fingerprint density at radius 3 is 2.47 bits per heavy atom. The van der Waals surface area contributed by atoms with Crippen molar-refractivity contribution in [3.63, 3.8) is 0 Å². The highest BCUT2D eigenvalue weighted by atomic mass is 35.5. The van der Waals surface area contributed by atoms with Crippen molar-refractivity contribution in [3.05, 3.63) is 34.9 Å². The van der Waals surface area contributed by atoms with Gasteiger partial charge in [0.1, 0.15) is 6.04 Å². The van der Waals surface area contributed by atoms with E-state index in [1.807, 2.05) is 26.0 Å². The summed E-state index contributed by atoms with van der Waals surface area (Å²) >= 11 is 11.6. The number of nitriles is 1. The van der Waals surface area contributed by atoms with Gasteiger partial charge >= 0.3 is 0 Å². The lowest BCUT2D eigenvalue weighted by Crippen LogP contribution is -2.28. The maximum absolute atomic E-state index is 9.07. The van der Waals surface area contributed by atoms with Crippen molar-refractivity contribution in [2.75, 3.05) is 5.88 Å². The van der Waals surface area contributed by atoms with Gasteiger partial charge in [-0.15, -0.1) is 11.6 Å². The van der Waals surface area contributed by atoms with Crippen molar-refractivity contribution in [1.82, 2.24) is 0 Å². The van der Waals surface area contributed by atoms with E-state index in [-0.39, 0.29) is 5.41 Å². The third kappa shape index (κ3) is 4.03. The molecule has 0 fully saturated rings. The van der Waals surface area contributed by atoms with Crippen LogP contribution in [0.3, 0.4) is 0 Å². The molecule has 2 nitrogen and oxygen atoms in total. The third-order valence-corrected chi connectivity index (χ3v) is 3.39. The largest absolute Gasteiger partial charge is 0.273 e. The van der Waals surface area contributed by atoms with Gasteiger partial charge in [-0.2, -0.15) is 5.26 Å². The lowest BCUT2D eigenvalue weighted by atomic mass is 9.88. The van der Waals surface area contributed by atoms with Gasteiger partial charge in [-0.25, -0.2) is 0 Å². The Morgan fingerprint density at radius 2 is 2.00 bits per heavy atom. The second-order valence-corrected chi connectivity index (χ2v) is 5.19. The number of rotatable bonds is 4. The minimum Gasteiger partial charge on any atom is -0.273 e. The maximum atomic E-state index is 9.07. The molecule has 1 unspecified atom stereocenters. The summed E-state index contributed by atoms with van der Waals surface area (Å²) in [5.41, 5.74) is 0.583. The van der Waals surface area contributed by atoms with Crippen molar-refractivity contribution < 1.29 is 0 Å². The molecule has 17 heavy (non-hydrogen) atoms. The molecule has 0 spiro atoms. The van der Waals surface area contributed by atoms with Gasteiger partial charge in [0.2, 0.25) is 0 Å². The van der Waals surface area contributed by atoms with Crippen LogP contribution < -0.4 is 0 Å². The fourth-order valence-corrected chi connectivity index (χ4v) is 1.46. The van der Waals surface area contributed by atoms with Crippen LogP contribution in [0.2, 0.25) is 5.02 Å². The van der Waals surface area contributed by atoms with Gasteiger partial charge in [-0.05, 0) is 17.7 Å². The predicted molar refractivity (Wildman–Crippen MR) is 72.9 cm³/mol. The van der Waals surface area contributed by atoms with Gasteiger partial charge in [0.05, 0.1) is 6.07 Å². The lowest BCUT2D eigenvalue weighted by molar-refractivity contribution is 0.381. The Kier molecular flexibility index (Phi) is 4.99. The predicted octanol–water partition coefficient (Wildman–Crippen LogP) is 3.92. The Morgan fingerprint density at radius 1 is 1.41 bits per heavy atom. The van der Waals surface area contributed by atoms with Crippen LogP contribution >= 0.6 is 23.2 Å². The number of halogens is 2. The summed E-state index contributed by atoms with van der Waals surface area (Å²) < 4.78 is 0. The first-order valence-corrected chi connectivity index (χ1v) is 6.15. The quantitative estimate of drug-likeness (QED) is 0.602. The van der Waals surface area contributed by atoms with E-state index in [2.05, 4.69) is 11.1 Å². The topological polar surface area (TPSA) is 36.1 Å². The number of nitrogens with zero attached hydrogens (tertiary/aromatic N) is 2. The van der Waals surface area contributed by atoms with E-state index < -0.39 is 6.04 Å². The number of alkyl halides is 1. The summed E-state index contributed by atoms with van der Waals surface area (Å²) in [7, 11) is 0. The van der Waals surface area contributed by atoms with Crippen LogP contribution in [-0.2, 0) is 0 Å². The molecule has 1 atom stereocenters. The molecule has 0 aliphatic rings. The van der Waals surface area contributed by atoms with E-state index in [1.54, 1.807) is 18.3 Å². The minimum atomic E-state index is -0.448. The van der Waals surface area contributed by atoms with E-state index in [0.717, 1.165) is 5.56 Å². The minimum absolute atomic E-state index is 0.334. The first-order valence-electron chi connectivity index (χ1n) is 5.24. The average molecular weight is 269 g/mol. The van der Waals surface area contributed by atoms with Crippen molar-refractivity contribution in [2.24, 2.45) is 10.4 Å². The molecule has 4 heteroatoms. The Labute approximate surface area is 112 Å². The van der Waals surface area contributed by atoms with Crippen molar-refractivity contribution in [2.45, 2.75) is 19.9 Å². The van der Waals surface area contributed by atoms with Crippen LogP contribution in [0, 0.1) is 16.7 Å². The summed E-state index contributed by atoms with van der Waals surface area (Å²) in [4.78, 5) is 4.27. The summed E-state index contributed by atoms with van der Waals surface area (Å²) in [5.74, 6) is 0.392. The zero-order valence-electron chi connectivity index (χ0n) is 9.82. The molecule has 1 aromatic carbocycles. The van der Waals surface area contributed by atoms with Crippen molar-refractivity contribution >= 4 is 29.4 Å².